The Morgan fingerprint density at radius 2 is 2.10 bits per heavy atom. The van der Waals surface area contributed by atoms with E-state index in [0.717, 1.165) is 34.2 Å². The summed E-state index contributed by atoms with van der Waals surface area (Å²) in [5.74, 6) is 0.721. The molecule has 3 heterocycles. The maximum absolute atomic E-state index is 6.01. The van der Waals surface area contributed by atoms with E-state index in [4.69, 9.17) is 10.8 Å². The van der Waals surface area contributed by atoms with Crippen LogP contribution in [0, 0.1) is 0 Å². The average molecular weight is 302 g/mol. The van der Waals surface area contributed by atoms with Gasteiger partial charge in [-0.15, -0.1) is 10.2 Å². The van der Waals surface area contributed by atoms with Crippen molar-refractivity contribution < 1.29 is 0 Å². The number of hydrogen-bond acceptors (Lipinski definition) is 6. The van der Waals surface area contributed by atoms with Crippen LogP contribution in [0.5, 0.6) is 0 Å². The third-order valence-electron chi connectivity index (χ3n) is 4.11. The minimum atomic E-state index is -0.0719. The molecule has 0 radical (unpaired) electrons. The monoisotopic (exact) mass is 302 g/mol. The van der Waals surface area contributed by atoms with Crippen LogP contribution in [0.3, 0.4) is 0 Å². The highest BCUT2D eigenvalue weighted by Crippen LogP contribution is 2.34. The van der Waals surface area contributed by atoms with E-state index in [0.29, 0.717) is 6.54 Å². The first kappa shape index (κ1) is 14.1. The lowest BCUT2D eigenvalue weighted by atomic mass is 9.83. The van der Waals surface area contributed by atoms with Crippen LogP contribution < -0.4 is 5.73 Å². The summed E-state index contributed by atoms with van der Waals surface area (Å²) in [5, 5.41) is 14.2. The summed E-state index contributed by atoms with van der Waals surface area (Å²) in [4.78, 5) is 4.92. The highest BCUT2D eigenvalue weighted by molar-refractivity contribution is 7.16. The number of aromatic nitrogens is 5. The minimum absolute atomic E-state index is 0.0719. The van der Waals surface area contributed by atoms with E-state index in [1.165, 1.54) is 0 Å². The highest BCUT2D eigenvalue weighted by atomic mass is 32.1. The summed E-state index contributed by atoms with van der Waals surface area (Å²) in [5.41, 5.74) is 6.85. The average Bonchev–Trinajstić information content (AvgIpc) is 3.11. The Kier molecular flexibility index (Phi) is 3.69. The van der Waals surface area contributed by atoms with Gasteiger partial charge in [0, 0.05) is 29.9 Å². The molecule has 21 heavy (non-hydrogen) atoms. The number of fused-ring (bicyclic) bond motifs is 1. The van der Waals surface area contributed by atoms with Gasteiger partial charge < -0.3 is 5.73 Å². The molecule has 0 bridgehead atoms. The van der Waals surface area contributed by atoms with E-state index in [2.05, 4.69) is 29.0 Å². The molecule has 0 spiro atoms. The third-order valence-corrected chi connectivity index (χ3v) is 5.25. The van der Waals surface area contributed by atoms with Crippen molar-refractivity contribution in [2.75, 3.05) is 6.54 Å². The molecule has 0 saturated carbocycles. The summed E-state index contributed by atoms with van der Waals surface area (Å²) >= 11 is 1.57. The molecule has 110 valence electrons. The molecule has 0 unspecified atom stereocenters. The molecule has 0 aliphatic carbocycles. The lowest BCUT2D eigenvalue weighted by Crippen LogP contribution is -2.33. The fourth-order valence-electron chi connectivity index (χ4n) is 2.43. The normalized spacial score (nSPS) is 12.1. The largest absolute Gasteiger partial charge is 0.329 e. The lowest BCUT2D eigenvalue weighted by Gasteiger charge is -2.26. The van der Waals surface area contributed by atoms with Gasteiger partial charge in [0.25, 0.3) is 0 Å². The first-order chi connectivity index (χ1) is 10.2. The van der Waals surface area contributed by atoms with Gasteiger partial charge in [0.15, 0.2) is 5.82 Å². The number of pyridine rings is 1. The first-order valence-electron chi connectivity index (χ1n) is 7.07. The van der Waals surface area contributed by atoms with E-state index in [1.54, 1.807) is 28.2 Å². The van der Waals surface area contributed by atoms with Crippen molar-refractivity contribution in [1.82, 2.24) is 24.8 Å². The molecule has 0 aliphatic heterocycles. The van der Waals surface area contributed by atoms with E-state index < -0.39 is 0 Å². The number of hydrogen-bond donors (Lipinski definition) is 1. The second kappa shape index (κ2) is 5.50. The summed E-state index contributed by atoms with van der Waals surface area (Å²) in [7, 11) is 0. The van der Waals surface area contributed by atoms with Gasteiger partial charge in [0.1, 0.15) is 5.01 Å². The number of nitrogens with two attached hydrogens (primary N) is 1. The topological polar surface area (TPSA) is 82.0 Å². The Balaban J connectivity index is 2.12. The smallest absolute Gasteiger partial charge is 0.234 e. The molecule has 0 atom stereocenters. The predicted octanol–water partition coefficient (Wildman–Crippen LogP) is 2.26. The maximum Gasteiger partial charge on any atom is 0.234 e. The van der Waals surface area contributed by atoms with Gasteiger partial charge in [0.05, 0.1) is 0 Å². The van der Waals surface area contributed by atoms with Crippen LogP contribution in [0.1, 0.15) is 31.7 Å². The van der Waals surface area contributed by atoms with E-state index in [1.807, 2.05) is 12.1 Å². The Bertz CT molecular complexity index is 720. The van der Waals surface area contributed by atoms with Crippen molar-refractivity contribution in [3.63, 3.8) is 0 Å². The molecule has 3 aromatic heterocycles. The van der Waals surface area contributed by atoms with Crippen molar-refractivity contribution in [1.29, 1.82) is 0 Å². The maximum atomic E-state index is 6.01. The zero-order chi connectivity index (χ0) is 14.9. The molecular weight excluding hydrogens is 284 g/mol. The SMILES string of the molecule is CCC(CC)(CN)c1nn2c(-c3cccnc3)nnc2s1. The number of rotatable bonds is 5. The molecule has 0 amide bonds. The van der Waals surface area contributed by atoms with Gasteiger partial charge >= 0.3 is 0 Å². The minimum Gasteiger partial charge on any atom is -0.329 e. The Morgan fingerprint density at radius 1 is 1.29 bits per heavy atom. The van der Waals surface area contributed by atoms with E-state index >= 15 is 0 Å². The fourth-order valence-corrected chi connectivity index (χ4v) is 3.61. The van der Waals surface area contributed by atoms with E-state index in [-0.39, 0.29) is 5.41 Å². The van der Waals surface area contributed by atoms with Crippen LogP contribution in [0.4, 0.5) is 0 Å². The van der Waals surface area contributed by atoms with Gasteiger partial charge in [-0.1, -0.05) is 25.2 Å². The second-order valence-corrected chi connectivity index (χ2v) is 6.01. The summed E-state index contributed by atoms with van der Waals surface area (Å²) in [6.07, 6.45) is 5.44. The van der Waals surface area contributed by atoms with E-state index in [9.17, 15) is 0 Å². The van der Waals surface area contributed by atoms with Crippen LogP contribution >= 0.6 is 11.3 Å². The highest BCUT2D eigenvalue weighted by Gasteiger charge is 2.31. The molecule has 2 N–H and O–H groups in total. The molecule has 0 aromatic carbocycles. The Hall–Kier alpha value is -1.86. The Morgan fingerprint density at radius 3 is 2.71 bits per heavy atom. The van der Waals surface area contributed by atoms with Crippen LogP contribution in [-0.4, -0.2) is 31.3 Å². The molecular formula is C14H18N6S. The van der Waals surface area contributed by atoms with Gasteiger partial charge in [-0.05, 0) is 25.0 Å². The lowest BCUT2D eigenvalue weighted by molar-refractivity contribution is 0.401. The first-order valence-corrected chi connectivity index (χ1v) is 7.89. The standard InChI is InChI=1S/C14H18N6S/c1-3-14(4-2,9-15)12-19-20-11(17-18-13(20)21-12)10-6-5-7-16-8-10/h5-8H,3-4,9,15H2,1-2H3. The van der Waals surface area contributed by atoms with Crippen molar-refractivity contribution in [2.24, 2.45) is 5.73 Å². The molecule has 3 rings (SSSR count). The van der Waals surface area contributed by atoms with Crippen LogP contribution in [0.15, 0.2) is 24.5 Å². The van der Waals surface area contributed by atoms with Crippen LogP contribution in [0.2, 0.25) is 0 Å². The van der Waals surface area contributed by atoms with Gasteiger partial charge in [-0.2, -0.15) is 9.61 Å². The summed E-state index contributed by atoms with van der Waals surface area (Å²) in [6.45, 7) is 4.90. The second-order valence-electron chi connectivity index (χ2n) is 5.06. The van der Waals surface area contributed by atoms with Crippen LogP contribution in [0.25, 0.3) is 16.3 Å². The molecule has 3 aromatic rings. The summed E-state index contributed by atoms with van der Waals surface area (Å²) in [6, 6.07) is 3.84. The van der Waals surface area contributed by atoms with Gasteiger partial charge in [-0.25, -0.2) is 0 Å². The summed E-state index contributed by atoms with van der Waals surface area (Å²) < 4.78 is 1.80. The van der Waals surface area contributed by atoms with Crippen molar-refractivity contribution in [3.05, 3.63) is 29.5 Å². The molecule has 6 nitrogen and oxygen atoms in total. The number of nitrogens with zero attached hydrogens (tertiary/aromatic N) is 5. The van der Waals surface area contributed by atoms with Gasteiger partial charge in [-0.3, -0.25) is 4.98 Å². The zero-order valence-corrected chi connectivity index (χ0v) is 13.0. The van der Waals surface area contributed by atoms with Gasteiger partial charge in [0.2, 0.25) is 4.96 Å². The van der Waals surface area contributed by atoms with Crippen molar-refractivity contribution in [3.8, 4) is 11.4 Å². The fraction of sp³-hybridized carbons (Fsp3) is 0.429. The molecule has 7 heteroatoms. The van der Waals surface area contributed by atoms with Crippen molar-refractivity contribution >= 4 is 16.3 Å². The van der Waals surface area contributed by atoms with Crippen molar-refractivity contribution in [2.45, 2.75) is 32.1 Å². The quantitative estimate of drug-likeness (QED) is 0.781. The zero-order valence-electron chi connectivity index (χ0n) is 12.2. The van der Waals surface area contributed by atoms with Crippen LogP contribution in [-0.2, 0) is 5.41 Å². The Labute approximate surface area is 127 Å². The molecule has 0 saturated heterocycles. The molecule has 0 fully saturated rings. The molecule has 0 aliphatic rings. The predicted molar refractivity (Wildman–Crippen MR) is 83.2 cm³/mol. The third kappa shape index (κ3) is 2.22.